The van der Waals surface area contributed by atoms with E-state index >= 15 is 0 Å². The molecule has 74 valence electrons. The summed E-state index contributed by atoms with van der Waals surface area (Å²) in [5.41, 5.74) is 2.61. The zero-order valence-corrected chi connectivity index (χ0v) is 9.01. The lowest BCUT2D eigenvalue weighted by Gasteiger charge is -2.03. The van der Waals surface area contributed by atoms with Crippen LogP contribution in [0.1, 0.15) is 45.0 Å². The van der Waals surface area contributed by atoms with E-state index < -0.39 is 0 Å². The van der Waals surface area contributed by atoms with Gasteiger partial charge in [0, 0.05) is 12.2 Å². The third-order valence-electron chi connectivity index (χ3n) is 2.36. The van der Waals surface area contributed by atoms with Crippen molar-refractivity contribution in [2.24, 2.45) is 0 Å². The van der Waals surface area contributed by atoms with E-state index in [0.717, 1.165) is 19.4 Å². The maximum absolute atomic E-state index is 4.55. The van der Waals surface area contributed by atoms with E-state index in [1.54, 1.807) is 0 Å². The number of unbranched alkanes of at least 4 members (excludes halogenated alkanes) is 1. The Hall–Kier alpha value is -0.790. The minimum absolute atomic E-state index is 1.05. The molecule has 0 saturated carbocycles. The molecule has 0 aliphatic rings. The van der Waals surface area contributed by atoms with Gasteiger partial charge < -0.3 is 0 Å². The van der Waals surface area contributed by atoms with Gasteiger partial charge in [0.1, 0.15) is 0 Å². The van der Waals surface area contributed by atoms with Gasteiger partial charge in [-0.3, -0.25) is 4.68 Å². The summed E-state index contributed by atoms with van der Waals surface area (Å²) in [7, 11) is 0. The summed E-state index contributed by atoms with van der Waals surface area (Å²) in [6, 6.07) is 2.23. The molecule has 1 aromatic rings. The lowest BCUT2D eigenvalue weighted by atomic mass is 10.2. The molecule has 2 heteroatoms. The van der Waals surface area contributed by atoms with Crippen LogP contribution in [-0.2, 0) is 19.4 Å². The molecule has 0 amide bonds. The third kappa shape index (κ3) is 2.58. The Kier molecular flexibility index (Phi) is 4.00. The van der Waals surface area contributed by atoms with Crippen molar-refractivity contribution in [3.63, 3.8) is 0 Å². The van der Waals surface area contributed by atoms with Crippen molar-refractivity contribution in [1.29, 1.82) is 0 Å². The van der Waals surface area contributed by atoms with Crippen molar-refractivity contribution < 1.29 is 0 Å². The quantitative estimate of drug-likeness (QED) is 0.681. The number of aryl methyl sites for hydroxylation is 3. The zero-order chi connectivity index (χ0) is 9.68. The van der Waals surface area contributed by atoms with E-state index in [0.29, 0.717) is 0 Å². The molecule has 0 unspecified atom stereocenters. The Bertz CT molecular complexity index is 251. The molecule has 0 fully saturated rings. The van der Waals surface area contributed by atoms with Crippen LogP contribution in [0.3, 0.4) is 0 Å². The first kappa shape index (κ1) is 10.3. The minimum Gasteiger partial charge on any atom is -0.269 e. The van der Waals surface area contributed by atoms with Gasteiger partial charge in [-0.2, -0.15) is 5.10 Å². The highest BCUT2D eigenvalue weighted by atomic mass is 15.3. The first-order valence-electron chi connectivity index (χ1n) is 5.37. The molecule has 0 aliphatic heterocycles. The van der Waals surface area contributed by atoms with Crippen molar-refractivity contribution in [2.45, 2.75) is 53.0 Å². The van der Waals surface area contributed by atoms with Gasteiger partial charge in [-0.1, -0.05) is 27.2 Å². The monoisotopic (exact) mass is 180 g/mol. The SMILES string of the molecule is CCCCn1nc(CC)cc1CC. The smallest absolute Gasteiger partial charge is 0.0624 e. The summed E-state index contributed by atoms with van der Waals surface area (Å²) < 4.78 is 2.17. The van der Waals surface area contributed by atoms with E-state index in [1.165, 1.54) is 24.2 Å². The standard InChI is InChI=1S/C11H20N2/c1-4-7-8-13-11(6-3)9-10(5-2)12-13/h9H,4-8H2,1-3H3. The van der Waals surface area contributed by atoms with E-state index in [4.69, 9.17) is 0 Å². The van der Waals surface area contributed by atoms with E-state index in [2.05, 4.69) is 36.6 Å². The van der Waals surface area contributed by atoms with Crippen LogP contribution < -0.4 is 0 Å². The van der Waals surface area contributed by atoms with Crippen LogP contribution in [-0.4, -0.2) is 9.78 Å². The van der Waals surface area contributed by atoms with E-state index in [1.807, 2.05) is 0 Å². The van der Waals surface area contributed by atoms with Gasteiger partial charge in [0.2, 0.25) is 0 Å². The van der Waals surface area contributed by atoms with Gasteiger partial charge in [-0.25, -0.2) is 0 Å². The van der Waals surface area contributed by atoms with E-state index in [-0.39, 0.29) is 0 Å². The summed E-state index contributed by atoms with van der Waals surface area (Å²) in [5, 5.41) is 4.55. The Morgan fingerprint density at radius 2 is 2.00 bits per heavy atom. The maximum atomic E-state index is 4.55. The number of nitrogens with zero attached hydrogens (tertiary/aromatic N) is 2. The highest BCUT2D eigenvalue weighted by Gasteiger charge is 2.03. The maximum Gasteiger partial charge on any atom is 0.0624 e. The fourth-order valence-corrected chi connectivity index (χ4v) is 1.47. The van der Waals surface area contributed by atoms with Crippen molar-refractivity contribution in [3.05, 3.63) is 17.5 Å². The van der Waals surface area contributed by atoms with Crippen molar-refractivity contribution in [3.8, 4) is 0 Å². The van der Waals surface area contributed by atoms with Gasteiger partial charge >= 0.3 is 0 Å². The predicted octanol–water partition coefficient (Wildman–Crippen LogP) is 2.81. The van der Waals surface area contributed by atoms with Crippen LogP contribution in [0.4, 0.5) is 0 Å². The largest absolute Gasteiger partial charge is 0.269 e. The molecular weight excluding hydrogens is 160 g/mol. The fourth-order valence-electron chi connectivity index (χ4n) is 1.47. The van der Waals surface area contributed by atoms with E-state index in [9.17, 15) is 0 Å². The van der Waals surface area contributed by atoms with Gasteiger partial charge in [-0.05, 0) is 25.3 Å². The predicted molar refractivity (Wildman–Crippen MR) is 55.9 cm³/mol. The topological polar surface area (TPSA) is 17.8 Å². The molecule has 1 rings (SSSR count). The summed E-state index contributed by atoms with van der Waals surface area (Å²) in [6.45, 7) is 7.65. The van der Waals surface area contributed by atoms with Crippen molar-refractivity contribution >= 4 is 0 Å². The number of hydrogen-bond donors (Lipinski definition) is 0. The lowest BCUT2D eigenvalue weighted by molar-refractivity contribution is 0.546. The number of aromatic nitrogens is 2. The van der Waals surface area contributed by atoms with Crippen LogP contribution in [0.2, 0.25) is 0 Å². The van der Waals surface area contributed by atoms with Crippen LogP contribution in [0.5, 0.6) is 0 Å². The molecule has 0 spiro atoms. The summed E-state index contributed by atoms with van der Waals surface area (Å²) >= 11 is 0. The molecule has 0 aliphatic carbocycles. The molecule has 0 bridgehead atoms. The Morgan fingerprint density at radius 1 is 1.23 bits per heavy atom. The van der Waals surface area contributed by atoms with Crippen molar-refractivity contribution in [2.75, 3.05) is 0 Å². The first-order valence-corrected chi connectivity index (χ1v) is 5.37. The Morgan fingerprint density at radius 3 is 2.54 bits per heavy atom. The molecule has 1 heterocycles. The highest BCUT2D eigenvalue weighted by Crippen LogP contribution is 2.07. The molecule has 1 aromatic heterocycles. The molecule has 0 N–H and O–H groups in total. The summed E-state index contributed by atoms with van der Waals surface area (Å²) in [6.07, 6.45) is 4.62. The van der Waals surface area contributed by atoms with Crippen LogP contribution in [0.25, 0.3) is 0 Å². The highest BCUT2D eigenvalue weighted by molar-refractivity contribution is 5.10. The van der Waals surface area contributed by atoms with Crippen LogP contribution in [0.15, 0.2) is 6.07 Å². The normalized spacial score (nSPS) is 10.7. The second kappa shape index (κ2) is 5.05. The molecule has 0 atom stereocenters. The molecular formula is C11H20N2. The van der Waals surface area contributed by atoms with Gasteiger partial charge in [0.05, 0.1) is 5.69 Å². The minimum atomic E-state index is 1.05. The number of rotatable bonds is 5. The Labute approximate surface area is 81.0 Å². The van der Waals surface area contributed by atoms with Gasteiger partial charge in [0.25, 0.3) is 0 Å². The zero-order valence-electron chi connectivity index (χ0n) is 9.01. The first-order chi connectivity index (χ1) is 6.31. The lowest BCUT2D eigenvalue weighted by Crippen LogP contribution is -2.04. The molecule has 0 aromatic carbocycles. The summed E-state index contributed by atoms with van der Waals surface area (Å²) in [4.78, 5) is 0. The molecule has 13 heavy (non-hydrogen) atoms. The molecule has 2 nitrogen and oxygen atoms in total. The average Bonchev–Trinajstić information content (AvgIpc) is 2.57. The molecule has 0 radical (unpaired) electrons. The average molecular weight is 180 g/mol. The summed E-state index contributed by atoms with van der Waals surface area (Å²) in [5.74, 6) is 0. The second-order valence-corrected chi connectivity index (χ2v) is 3.41. The second-order valence-electron chi connectivity index (χ2n) is 3.41. The Balaban J connectivity index is 2.71. The van der Waals surface area contributed by atoms with Crippen LogP contribution >= 0.6 is 0 Å². The van der Waals surface area contributed by atoms with Gasteiger partial charge in [-0.15, -0.1) is 0 Å². The van der Waals surface area contributed by atoms with Crippen LogP contribution in [0, 0.1) is 0 Å². The van der Waals surface area contributed by atoms with Gasteiger partial charge in [0.15, 0.2) is 0 Å². The van der Waals surface area contributed by atoms with Crippen molar-refractivity contribution in [1.82, 2.24) is 9.78 Å². The third-order valence-corrected chi connectivity index (χ3v) is 2.36. The molecule has 0 saturated heterocycles. The number of hydrogen-bond acceptors (Lipinski definition) is 1. The fraction of sp³-hybridized carbons (Fsp3) is 0.727.